The van der Waals surface area contributed by atoms with Crippen molar-refractivity contribution in [2.45, 2.75) is 6.92 Å². The Kier molecular flexibility index (Phi) is 2.78. The van der Waals surface area contributed by atoms with Crippen LogP contribution in [0.5, 0.6) is 0 Å². The van der Waals surface area contributed by atoms with E-state index in [1.165, 1.54) is 12.3 Å². The van der Waals surface area contributed by atoms with E-state index in [1.807, 2.05) is 6.92 Å². The number of allylic oxidation sites excluding steroid dienone is 1. The Morgan fingerprint density at radius 2 is 2.38 bits per heavy atom. The van der Waals surface area contributed by atoms with Crippen molar-refractivity contribution in [3.05, 3.63) is 35.2 Å². The third kappa shape index (κ3) is 1.92. The summed E-state index contributed by atoms with van der Waals surface area (Å²) < 4.78 is 0. The lowest BCUT2D eigenvalue weighted by atomic mass is 10.2. The van der Waals surface area contributed by atoms with E-state index < -0.39 is 5.97 Å². The molecule has 1 aliphatic heterocycles. The fraction of sp³-hybridized carbons (Fsp3) is 0.222. The van der Waals surface area contributed by atoms with Crippen LogP contribution in [0, 0.1) is 0 Å². The number of aliphatic carboxylic acids is 1. The molecule has 0 aromatic heterocycles. The van der Waals surface area contributed by atoms with Gasteiger partial charge in [-0.05, 0) is 13.0 Å². The van der Waals surface area contributed by atoms with E-state index in [9.17, 15) is 4.79 Å². The van der Waals surface area contributed by atoms with Gasteiger partial charge in [-0.3, -0.25) is 0 Å². The first-order chi connectivity index (χ1) is 6.06. The van der Waals surface area contributed by atoms with Crippen LogP contribution in [-0.2, 0) is 4.79 Å². The fourth-order valence-corrected chi connectivity index (χ4v) is 1.27. The molecule has 0 unspecified atom stereocenters. The Morgan fingerprint density at radius 1 is 1.77 bits per heavy atom. The summed E-state index contributed by atoms with van der Waals surface area (Å²) in [7, 11) is 0. The van der Waals surface area contributed by atoms with Crippen LogP contribution in [0.15, 0.2) is 35.2 Å². The zero-order valence-electron chi connectivity index (χ0n) is 7.25. The molecule has 0 bridgehead atoms. The van der Waals surface area contributed by atoms with Crippen molar-refractivity contribution in [1.82, 2.24) is 4.90 Å². The van der Waals surface area contributed by atoms with E-state index >= 15 is 0 Å². The Balaban J connectivity index is 3.02. The van der Waals surface area contributed by atoms with E-state index in [1.54, 1.807) is 4.90 Å². The Hall–Kier alpha value is -1.22. The van der Waals surface area contributed by atoms with Gasteiger partial charge in [-0.25, -0.2) is 4.79 Å². The minimum absolute atomic E-state index is 0.180. The first-order valence-electron chi connectivity index (χ1n) is 3.84. The molecular weight excluding hydrogens is 190 g/mol. The highest BCUT2D eigenvalue weighted by Gasteiger charge is 2.17. The van der Waals surface area contributed by atoms with Crippen molar-refractivity contribution >= 4 is 17.6 Å². The summed E-state index contributed by atoms with van der Waals surface area (Å²) in [5.41, 5.74) is 0.813. The van der Waals surface area contributed by atoms with Gasteiger partial charge in [0.2, 0.25) is 0 Å². The number of carboxylic acid groups (broad SMARTS) is 1. The molecule has 3 nitrogen and oxygen atoms in total. The van der Waals surface area contributed by atoms with Gasteiger partial charge in [-0.15, -0.1) is 0 Å². The molecule has 1 heterocycles. The van der Waals surface area contributed by atoms with Crippen LogP contribution in [0.1, 0.15) is 6.92 Å². The summed E-state index contributed by atoms with van der Waals surface area (Å²) in [6.07, 6.45) is 2.93. The standard InChI is InChI=1S/C9H10ClNO2/c1-3-11-5-7(9(12)13)4-8(10)6(11)2/h4-5H,2-3H2,1H3,(H,12,13). The highest BCUT2D eigenvalue weighted by Crippen LogP contribution is 2.25. The first kappa shape index (κ1) is 9.86. The summed E-state index contributed by atoms with van der Waals surface area (Å²) in [4.78, 5) is 12.3. The lowest BCUT2D eigenvalue weighted by Gasteiger charge is -2.24. The molecule has 4 heteroatoms. The molecule has 0 fully saturated rings. The minimum Gasteiger partial charge on any atom is -0.478 e. The molecule has 70 valence electrons. The lowest BCUT2D eigenvalue weighted by Crippen LogP contribution is -2.21. The molecule has 1 N–H and O–H groups in total. The fourth-order valence-electron chi connectivity index (χ4n) is 1.04. The van der Waals surface area contributed by atoms with Crippen LogP contribution >= 0.6 is 11.6 Å². The predicted octanol–water partition coefficient (Wildman–Crippen LogP) is 1.93. The molecule has 0 aliphatic carbocycles. The molecule has 0 radical (unpaired) electrons. The van der Waals surface area contributed by atoms with Crippen LogP contribution in [0.4, 0.5) is 0 Å². The summed E-state index contributed by atoms with van der Waals surface area (Å²) >= 11 is 5.80. The SMILES string of the molecule is C=C1C(Cl)=CC(C(=O)O)=CN1CC. The van der Waals surface area contributed by atoms with Crippen LogP contribution < -0.4 is 0 Å². The number of halogens is 1. The highest BCUT2D eigenvalue weighted by atomic mass is 35.5. The molecule has 0 saturated carbocycles. The van der Waals surface area contributed by atoms with Crippen molar-refractivity contribution in [3.8, 4) is 0 Å². The zero-order chi connectivity index (χ0) is 10.0. The molecule has 1 aliphatic rings. The monoisotopic (exact) mass is 199 g/mol. The van der Waals surface area contributed by atoms with Gasteiger partial charge in [0, 0.05) is 12.7 Å². The van der Waals surface area contributed by atoms with Gasteiger partial charge in [0.15, 0.2) is 0 Å². The van der Waals surface area contributed by atoms with Gasteiger partial charge in [-0.1, -0.05) is 18.2 Å². The van der Waals surface area contributed by atoms with Gasteiger partial charge in [-0.2, -0.15) is 0 Å². The normalized spacial score (nSPS) is 16.8. The van der Waals surface area contributed by atoms with Crippen molar-refractivity contribution < 1.29 is 9.90 Å². The largest absolute Gasteiger partial charge is 0.478 e. The van der Waals surface area contributed by atoms with Crippen LogP contribution in [0.25, 0.3) is 0 Å². The van der Waals surface area contributed by atoms with E-state index in [0.29, 0.717) is 17.3 Å². The molecule has 0 amide bonds. The minimum atomic E-state index is -0.982. The van der Waals surface area contributed by atoms with E-state index in [0.717, 1.165) is 0 Å². The van der Waals surface area contributed by atoms with E-state index in [4.69, 9.17) is 16.7 Å². The number of rotatable bonds is 2. The van der Waals surface area contributed by atoms with Gasteiger partial charge in [0.25, 0.3) is 0 Å². The molecule has 13 heavy (non-hydrogen) atoms. The van der Waals surface area contributed by atoms with Crippen molar-refractivity contribution in [3.63, 3.8) is 0 Å². The van der Waals surface area contributed by atoms with Crippen molar-refractivity contribution in [2.24, 2.45) is 0 Å². The highest BCUT2D eigenvalue weighted by molar-refractivity contribution is 6.32. The van der Waals surface area contributed by atoms with E-state index in [2.05, 4.69) is 6.58 Å². The topological polar surface area (TPSA) is 40.5 Å². The maximum Gasteiger partial charge on any atom is 0.337 e. The summed E-state index contributed by atoms with van der Waals surface area (Å²) in [6.45, 7) is 6.28. The second-order valence-electron chi connectivity index (χ2n) is 2.61. The van der Waals surface area contributed by atoms with Gasteiger partial charge < -0.3 is 10.0 Å². The molecular formula is C9H10ClNO2. The van der Waals surface area contributed by atoms with E-state index in [-0.39, 0.29) is 5.57 Å². The van der Waals surface area contributed by atoms with Gasteiger partial charge in [0.05, 0.1) is 16.3 Å². The third-order valence-electron chi connectivity index (χ3n) is 1.79. The molecule has 0 aromatic carbocycles. The summed E-state index contributed by atoms with van der Waals surface area (Å²) in [6, 6.07) is 0. The zero-order valence-corrected chi connectivity index (χ0v) is 8.01. The van der Waals surface area contributed by atoms with Crippen molar-refractivity contribution in [1.29, 1.82) is 0 Å². The Morgan fingerprint density at radius 3 is 2.85 bits per heavy atom. The number of hydrogen-bond donors (Lipinski definition) is 1. The predicted molar refractivity (Wildman–Crippen MR) is 51.2 cm³/mol. The van der Waals surface area contributed by atoms with Crippen molar-refractivity contribution in [2.75, 3.05) is 6.54 Å². The maximum absolute atomic E-state index is 10.6. The average molecular weight is 200 g/mol. The number of nitrogens with zero attached hydrogens (tertiary/aromatic N) is 1. The number of carboxylic acids is 1. The summed E-state index contributed by atoms with van der Waals surface area (Å²) in [5.74, 6) is -0.982. The van der Waals surface area contributed by atoms with Crippen LogP contribution in [0.2, 0.25) is 0 Å². The molecule has 0 saturated heterocycles. The first-order valence-corrected chi connectivity index (χ1v) is 4.22. The summed E-state index contributed by atoms with van der Waals surface area (Å²) in [5, 5.41) is 9.10. The Bertz CT molecular complexity index is 318. The van der Waals surface area contributed by atoms with Crippen LogP contribution in [-0.4, -0.2) is 22.5 Å². The lowest BCUT2D eigenvalue weighted by molar-refractivity contribution is -0.132. The average Bonchev–Trinajstić information content (AvgIpc) is 2.09. The van der Waals surface area contributed by atoms with Crippen LogP contribution in [0.3, 0.4) is 0 Å². The molecule has 0 spiro atoms. The number of carbonyl (C=O) groups is 1. The number of likely N-dealkylation sites (N-methyl/N-ethyl adjacent to an activating group) is 1. The molecule has 1 rings (SSSR count). The second kappa shape index (κ2) is 3.66. The van der Waals surface area contributed by atoms with Gasteiger partial charge >= 0.3 is 5.97 Å². The Labute approximate surface area is 81.6 Å². The smallest absolute Gasteiger partial charge is 0.337 e. The quantitative estimate of drug-likeness (QED) is 0.739. The molecule has 0 atom stereocenters. The maximum atomic E-state index is 10.6. The number of hydrogen-bond acceptors (Lipinski definition) is 2. The third-order valence-corrected chi connectivity index (χ3v) is 2.11. The van der Waals surface area contributed by atoms with Gasteiger partial charge in [0.1, 0.15) is 0 Å². The molecule has 0 aromatic rings. The second-order valence-corrected chi connectivity index (χ2v) is 3.02.